The average molecular weight is 287 g/mol. The van der Waals surface area contributed by atoms with Crippen molar-refractivity contribution in [2.24, 2.45) is 11.7 Å². The zero-order valence-electron chi connectivity index (χ0n) is 12.8. The van der Waals surface area contributed by atoms with Gasteiger partial charge in [-0.05, 0) is 19.3 Å². The number of hydrogen-bond acceptors (Lipinski definition) is 5. The predicted molar refractivity (Wildman–Crippen MR) is 74.7 cm³/mol. The van der Waals surface area contributed by atoms with E-state index in [1.165, 1.54) is 4.90 Å². The molecule has 0 aromatic carbocycles. The van der Waals surface area contributed by atoms with Crippen molar-refractivity contribution in [1.82, 2.24) is 10.2 Å². The van der Waals surface area contributed by atoms with Gasteiger partial charge in [0.25, 0.3) is 0 Å². The average Bonchev–Trinajstić information content (AvgIpc) is 2.35. The van der Waals surface area contributed by atoms with Crippen LogP contribution in [-0.4, -0.2) is 55.5 Å². The minimum atomic E-state index is -1.42. The second kappa shape index (κ2) is 8.52. The van der Waals surface area contributed by atoms with Gasteiger partial charge >= 0.3 is 5.97 Å². The third-order valence-electron chi connectivity index (χ3n) is 2.59. The van der Waals surface area contributed by atoms with Gasteiger partial charge in [0.2, 0.25) is 11.8 Å². The molecule has 0 aromatic heterocycles. The number of hydrogen-bond donors (Lipinski definition) is 2. The van der Waals surface area contributed by atoms with Gasteiger partial charge in [-0.25, -0.2) is 4.79 Å². The summed E-state index contributed by atoms with van der Waals surface area (Å²) in [4.78, 5) is 36.6. The van der Waals surface area contributed by atoms with Crippen molar-refractivity contribution in [1.29, 1.82) is 0 Å². The second-order valence-corrected chi connectivity index (χ2v) is 5.15. The molecule has 0 aliphatic rings. The van der Waals surface area contributed by atoms with Gasteiger partial charge in [-0.3, -0.25) is 9.59 Å². The van der Waals surface area contributed by atoms with Gasteiger partial charge in [0, 0.05) is 14.1 Å². The minimum Gasteiger partial charge on any atom is -0.464 e. The number of carbonyl (C=O) groups is 3. The Morgan fingerprint density at radius 1 is 1.25 bits per heavy atom. The molecule has 0 aliphatic heterocycles. The van der Waals surface area contributed by atoms with Gasteiger partial charge in [0.15, 0.2) is 6.04 Å². The fourth-order valence-corrected chi connectivity index (χ4v) is 1.61. The molecular formula is C13H25N3O4. The van der Waals surface area contributed by atoms with E-state index < -0.39 is 24.0 Å². The largest absolute Gasteiger partial charge is 0.464 e. The highest BCUT2D eigenvalue weighted by molar-refractivity contribution is 6.03. The Labute approximate surface area is 119 Å². The summed E-state index contributed by atoms with van der Waals surface area (Å²) in [5.41, 5.74) is 5.49. The molecule has 116 valence electrons. The SMILES string of the molecule is CCOC(=O)C(N)C(=O)NC(CC(C)C)C(=O)N(C)C. The van der Waals surface area contributed by atoms with Gasteiger partial charge in [-0.1, -0.05) is 13.8 Å². The first kappa shape index (κ1) is 18.4. The highest BCUT2D eigenvalue weighted by Gasteiger charge is 2.29. The standard InChI is InChI=1S/C13H25N3O4/c1-6-20-13(19)10(14)11(17)15-9(7-8(2)3)12(18)16(4)5/h8-10H,6-7,14H2,1-5H3,(H,15,17). The van der Waals surface area contributed by atoms with Gasteiger partial charge in [0.1, 0.15) is 6.04 Å². The Bertz CT molecular complexity index is 356. The summed E-state index contributed by atoms with van der Waals surface area (Å²) in [6, 6.07) is -2.11. The molecule has 7 nitrogen and oxygen atoms in total. The summed E-state index contributed by atoms with van der Waals surface area (Å²) in [6.45, 7) is 5.65. The van der Waals surface area contributed by atoms with Gasteiger partial charge in [-0.15, -0.1) is 0 Å². The number of nitrogens with one attached hydrogen (secondary N) is 1. The lowest BCUT2D eigenvalue weighted by Crippen LogP contribution is -2.54. The predicted octanol–water partition coefficient (Wildman–Crippen LogP) is -0.504. The molecule has 0 fully saturated rings. The van der Waals surface area contributed by atoms with E-state index in [0.717, 1.165) is 0 Å². The molecule has 2 unspecified atom stereocenters. The Hall–Kier alpha value is -1.63. The minimum absolute atomic E-state index is 0.145. The van der Waals surface area contributed by atoms with Crippen molar-refractivity contribution >= 4 is 17.8 Å². The van der Waals surface area contributed by atoms with Crippen molar-refractivity contribution in [2.45, 2.75) is 39.3 Å². The fourth-order valence-electron chi connectivity index (χ4n) is 1.61. The van der Waals surface area contributed by atoms with Crippen LogP contribution in [0.2, 0.25) is 0 Å². The van der Waals surface area contributed by atoms with Crippen LogP contribution >= 0.6 is 0 Å². The lowest BCUT2D eigenvalue weighted by Gasteiger charge is -2.24. The first-order chi connectivity index (χ1) is 9.20. The van der Waals surface area contributed by atoms with E-state index in [9.17, 15) is 14.4 Å². The van der Waals surface area contributed by atoms with Crippen molar-refractivity contribution in [2.75, 3.05) is 20.7 Å². The van der Waals surface area contributed by atoms with E-state index in [2.05, 4.69) is 10.1 Å². The van der Waals surface area contributed by atoms with Crippen molar-refractivity contribution in [3.8, 4) is 0 Å². The van der Waals surface area contributed by atoms with Crippen LogP contribution in [0.4, 0.5) is 0 Å². The number of likely N-dealkylation sites (N-methyl/N-ethyl adjacent to an activating group) is 1. The zero-order valence-corrected chi connectivity index (χ0v) is 12.8. The highest BCUT2D eigenvalue weighted by atomic mass is 16.5. The molecule has 0 saturated carbocycles. The van der Waals surface area contributed by atoms with E-state index >= 15 is 0 Å². The molecule has 20 heavy (non-hydrogen) atoms. The topological polar surface area (TPSA) is 102 Å². The number of nitrogens with zero attached hydrogens (tertiary/aromatic N) is 1. The Morgan fingerprint density at radius 3 is 2.20 bits per heavy atom. The molecule has 2 amide bonds. The third-order valence-corrected chi connectivity index (χ3v) is 2.59. The molecule has 7 heteroatoms. The summed E-state index contributed by atoms with van der Waals surface area (Å²) >= 11 is 0. The third kappa shape index (κ3) is 6.01. The van der Waals surface area contributed by atoms with Crippen molar-refractivity contribution < 1.29 is 19.1 Å². The lowest BCUT2D eigenvalue weighted by molar-refractivity contribution is -0.149. The first-order valence-electron chi connectivity index (χ1n) is 6.64. The van der Waals surface area contributed by atoms with Gasteiger partial charge < -0.3 is 20.7 Å². The molecule has 0 saturated heterocycles. The maximum atomic E-state index is 12.0. The van der Waals surface area contributed by atoms with Crippen LogP contribution in [-0.2, 0) is 19.1 Å². The number of amides is 2. The first-order valence-corrected chi connectivity index (χ1v) is 6.64. The molecule has 2 atom stereocenters. The van der Waals surface area contributed by atoms with E-state index in [1.807, 2.05) is 13.8 Å². The highest BCUT2D eigenvalue weighted by Crippen LogP contribution is 2.07. The Morgan fingerprint density at radius 2 is 1.80 bits per heavy atom. The normalized spacial score (nSPS) is 13.6. The van der Waals surface area contributed by atoms with Gasteiger partial charge in [0.05, 0.1) is 6.61 Å². The van der Waals surface area contributed by atoms with Crippen LogP contribution in [0.1, 0.15) is 27.2 Å². The molecule has 0 rings (SSSR count). The monoisotopic (exact) mass is 287 g/mol. The number of carbonyl (C=O) groups excluding carboxylic acids is 3. The molecular weight excluding hydrogens is 262 g/mol. The van der Waals surface area contributed by atoms with E-state index in [-0.39, 0.29) is 18.4 Å². The quantitative estimate of drug-likeness (QED) is 0.485. The maximum Gasteiger partial charge on any atom is 0.332 e. The maximum absolute atomic E-state index is 12.0. The molecule has 0 heterocycles. The number of nitrogens with two attached hydrogens (primary N) is 1. The van der Waals surface area contributed by atoms with Crippen LogP contribution in [0.15, 0.2) is 0 Å². The molecule has 0 aliphatic carbocycles. The number of rotatable bonds is 7. The Balaban J connectivity index is 4.76. The second-order valence-electron chi connectivity index (χ2n) is 5.15. The van der Waals surface area contributed by atoms with Crippen LogP contribution in [0, 0.1) is 5.92 Å². The number of esters is 1. The lowest BCUT2D eigenvalue weighted by atomic mass is 10.0. The van der Waals surface area contributed by atoms with Gasteiger partial charge in [-0.2, -0.15) is 0 Å². The number of ether oxygens (including phenoxy) is 1. The summed E-state index contributed by atoms with van der Waals surface area (Å²) in [6.07, 6.45) is 0.471. The summed E-state index contributed by atoms with van der Waals surface area (Å²) in [5.74, 6) is -1.53. The fraction of sp³-hybridized carbons (Fsp3) is 0.769. The zero-order chi connectivity index (χ0) is 15.9. The van der Waals surface area contributed by atoms with Crippen molar-refractivity contribution in [3.63, 3.8) is 0 Å². The van der Waals surface area contributed by atoms with E-state index in [0.29, 0.717) is 6.42 Å². The van der Waals surface area contributed by atoms with Crippen LogP contribution < -0.4 is 11.1 Å². The summed E-state index contributed by atoms with van der Waals surface area (Å²) in [7, 11) is 3.21. The van der Waals surface area contributed by atoms with Crippen LogP contribution in [0.25, 0.3) is 0 Å². The van der Waals surface area contributed by atoms with E-state index in [1.54, 1.807) is 21.0 Å². The van der Waals surface area contributed by atoms with Crippen LogP contribution in [0.3, 0.4) is 0 Å². The smallest absolute Gasteiger partial charge is 0.332 e. The Kier molecular flexibility index (Phi) is 7.83. The van der Waals surface area contributed by atoms with Crippen LogP contribution in [0.5, 0.6) is 0 Å². The summed E-state index contributed by atoms with van der Waals surface area (Å²) in [5, 5.41) is 2.51. The van der Waals surface area contributed by atoms with Crippen molar-refractivity contribution in [3.05, 3.63) is 0 Å². The molecule has 0 bridgehead atoms. The van der Waals surface area contributed by atoms with E-state index in [4.69, 9.17) is 5.73 Å². The summed E-state index contributed by atoms with van der Waals surface area (Å²) < 4.78 is 4.68. The molecule has 0 aromatic rings. The molecule has 3 N–H and O–H groups in total. The molecule has 0 radical (unpaired) electrons. The molecule has 0 spiro atoms.